The van der Waals surface area contributed by atoms with Crippen LogP contribution in [-0.2, 0) is 11.2 Å². The van der Waals surface area contributed by atoms with Crippen molar-refractivity contribution in [3.63, 3.8) is 0 Å². The number of anilines is 1. The van der Waals surface area contributed by atoms with Crippen LogP contribution in [0.2, 0.25) is 0 Å². The molecule has 0 saturated carbocycles. The van der Waals surface area contributed by atoms with Crippen molar-refractivity contribution in [1.29, 1.82) is 0 Å². The molecule has 0 fully saturated rings. The lowest BCUT2D eigenvalue weighted by Crippen LogP contribution is -2.31. The summed E-state index contributed by atoms with van der Waals surface area (Å²) in [7, 11) is 1.75. The van der Waals surface area contributed by atoms with E-state index in [1.54, 1.807) is 7.11 Å². The smallest absolute Gasteiger partial charge is 0.0637 e. The Kier molecular flexibility index (Phi) is 7.03. The van der Waals surface area contributed by atoms with Crippen LogP contribution < -0.4 is 10.6 Å². The van der Waals surface area contributed by atoms with Crippen LogP contribution in [0.1, 0.15) is 31.9 Å². The molecule has 0 saturated heterocycles. The lowest BCUT2D eigenvalue weighted by molar-refractivity contribution is 0.204. The predicted molar refractivity (Wildman–Crippen MR) is 87.5 cm³/mol. The van der Waals surface area contributed by atoms with Gasteiger partial charge in [0.25, 0.3) is 0 Å². The number of aryl methyl sites for hydroxylation is 1. The fourth-order valence-corrected chi connectivity index (χ4v) is 2.42. The van der Waals surface area contributed by atoms with Crippen LogP contribution in [0, 0.1) is 12.8 Å². The molecule has 1 atom stereocenters. The Morgan fingerprint density at radius 3 is 2.45 bits per heavy atom. The Morgan fingerprint density at radius 1 is 1.25 bits per heavy atom. The van der Waals surface area contributed by atoms with Gasteiger partial charge < -0.3 is 15.4 Å². The molecule has 0 aromatic heterocycles. The lowest BCUT2D eigenvalue weighted by Gasteiger charge is -2.27. The number of ether oxygens (including phenoxy) is 1. The molecule has 2 N–H and O–H groups in total. The molecule has 0 aliphatic carbocycles. The topological polar surface area (TPSA) is 38.5 Å². The molecule has 20 heavy (non-hydrogen) atoms. The molecule has 0 bridgehead atoms. The minimum Gasteiger partial charge on any atom is -0.383 e. The monoisotopic (exact) mass is 278 g/mol. The van der Waals surface area contributed by atoms with E-state index in [0.717, 1.165) is 26.1 Å². The molecular weight excluding hydrogens is 248 g/mol. The predicted octanol–water partition coefficient (Wildman–Crippen LogP) is 2.99. The van der Waals surface area contributed by atoms with Crippen molar-refractivity contribution in [2.45, 2.75) is 40.2 Å². The molecule has 3 nitrogen and oxygen atoms in total. The third-order valence-corrected chi connectivity index (χ3v) is 3.38. The first-order valence-electron chi connectivity index (χ1n) is 7.53. The van der Waals surface area contributed by atoms with Gasteiger partial charge in [-0.3, -0.25) is 0 Å². The highest BCUT2D eigenvalue weighted by molar-refractivity contribution is 5.51. The zero-order valence-electron chi connectivity index (χ0n) is 13.6. The van der Waals surface area contributed by atoms with Gasteiger partial charge in [0.2, 0.25) is 0 Å². The molecule has 0 heterocycles. The summed E-state index contributed by atoms with van der Waals surface area (Å²) in [6.07, 6.45) is 0.939. The van der Waals surface area contributed by atoms with Gasteiger partial charge in [0.1, 0.15) is 0 Å². The fourth-order valence-electron chi connectivity index (χ4n) is 2.42. The highest BCUT2D eigenvalue weighted by Crippen LogP contribution is 2.21. The molecule has 0 aliphatic heterocycles. The first-order valence-corrected chi connectivity index (χ1v) is 7.53. The average Bonchev–Trinajstić information content (AvgIpc) is 2.36. The summed E-state index contributed by atoms with van der Waals surface area (Å²) in [5, 5.41) is 0. The van der Waals surface area contributed by atoms with E-state index in [1.165, 1.54) is 16.8 Å². The second kappa shape index (κ2) is 8.28. The molecule has 114 valence electrons. The highest BCUT2D eigenvalue weighted by Gasteiger charge is 2.10. The van der Waals surface area contributed by atoms with Crippen molar-refractivity contribution < 1.29 is 4.74 Å². The molecule has 1 rings (SSSR count). The Bertz CT molecular complexity index is 402. The summed E-state index contributed by atoms with van der Waals surface area (Å²) in [5.41, 5.74) is 9.85. The summed E-state index contributed by atoms with van der Waals surface area (Å²) in [6.45, 7) is 11.5. The number of methoxy groups -OCH3 is 1. The van der Waals surface area contributed by atoms with Gasteiger partial charge in [-0.15, -0.1) is 0 Å². The maximum Gasteiger partial charge on any atom is 0.0637 e. The minimum atomic E-state index is 0.208. The number of hydrogen-bond acceptors (Lipinski definition) is 3. The van der Waals surface area contributed by atoms with E-state index in [2.05, 4.69) is 50.8 Å². The summed E-state index contributed by atoms with van der Waals surface area (Å²) >= 11 is 0. The van der Waals surface area contributed by atoms with Crippen LogP contribution in [0.3, 0.4) is 0 Å². The van der Waals surface area contributed by atoms with Gasteiger partial charge in [-0.05, 0) is 49.4 Å². The quantitative estimate of drug-likeness (QED) is 0.794. The second-order valence-electron chi connectivity index (χ2n) is 6.12. The Morgan fingerprint density at radius 2 is 1.95 bits per heavy atom. The molecule has 3 heteroatoms. The van der Waals surface area contributed by atoms with Gasteiger partial charge in [-0.25, -0.2) is 0 Å². The fraction of sp³-hybridized carbons (Fsp3) is 0.647. The summed E-state index contributed by atoms with van der Waals surface area (Å²) in [6, 6.07) is 6.91. The molecule has 0 spiro atoms. The zero-order valence-corrected chi connectivity index (χ0v) is 13.6. The van der Waals surface area contributed by atoms with Gasteiger partial charge in [-0.1, -0.05) is 19.9 Å². The number of nitrogens with two attached hydrogens (primary N) is 1. The lowest BCUT2D eigenvalue weighted by atomic mass is 10.0. The standard InChI is InChI=1S/C17H30N2O/c1-13(2)12-19(8-9-20-5)17-7-6-16(11-15(4)18)14(3)10-17/h6-7,10,13,15H,8-9,11-12,18H2,1-5H3. The molecule has 1 aromatic rings. The number of rotatable bonds is 8. The van der Waals surface area contributed by atoms with Crippen LogP contribution in [0.15, 0.2) is 18.2 Å². The molecule has 0 radical (unpaired) electrons. The Hall–Kier alpha value is -1.06. The largest absolute Gasteiger partial charge is 0.383 e. The van der Waals surface area contributed by atoms with Gasteiger partial charge in [0, 0.05) is 31.9 Å². The Balaban J connectivity index is 2.87. The maximum absolute atomic E-state index is 5.90. The molecule has 1 unspecified atom stereocenters. The maximum atomic E-state index is 5.90. The van der Waals surface area contributed by atoms with E-state index in [0.29, 0.717) is 5.92 Å². The summed E-state index contributed by atoms with van der Waals surface area (Å²) < 4.78 is 5.22. The summed E-state index contributed by atoms with van der Waals surface area (Å²) in [4.78, 5) is 2.40. The SMILES string of the molecule is COCCN(CC(C)C)c1ccc(CC(C)N)c(C)c1. The van der Waals surface area contributed by atoms with Gasteiger partial charge in [-0.2, -0.15) is 0 Å². The molecule has 1 aromatic carbocycles. The van der Waals surface area contributed by atoms with Gasteiger partial charge in [0.15, 0.2) is 0 Å². The van der Waals surface area contributed by atoms with Crippen molar-refractivity contribution in [3.05, 3.63) is 29.3 Å². The van der Waals surface area contributed by atoms with E-state index in [1.807, 2.05) is 0 Å². The second-order valence-corrected chi connectivity index (χ2v) is 6.12. The number of nitrogens with zero attached hydrogens (tertiary/aromatic N) is 1. The van der Waals surface area contributed by atoms with Gasteiger partial charge in [0.05, 0.1) is 6.61 Å². The van der Waals surface area contributed by atoms with Crippen molar-refractivity contribution >= 4 is 5.69 Å². The van der Waals surface area contributed by atoms with Crippen molar-refractivity contribution in [2.24, 2.45) is 11.7 Å². The van der Waals surface area contributed by atoms with Crippen LogP contribution in [0.25, 0.3) is 0 Å². The van der Waals surface area contributed by atoms with Crippen LogP contribution in [0.4, 0.5) is 5.69 Å². The van der Waals surface area contributed by atoms with E-state index in [-0.39, 0.29) is 6.04 Å². The minimum absolute atomic E-state index is 0.208. The third kappa shape index (κ3) is 5.51. The number of hydrogen-bond donors (Lipinski definition) is 1. The first kappa shape index (κ1) is 17.0. The van der Waals surface area contributed by atoms with Crippen LogP contribution >= 0.6 is 0 Å². The van der Waals surface area contributed by atoms with E-state index >= 15 is 0 Å². The third-order valence-electron chi connectivity index (χ3n) is 3.38. The highest BCUT2D eigenvalue weighted by atomic mass is 16.5. The van der Waals surface area contributed by atoms with Crippen molar-refractivity contribution in [1.82, 2.24) is 0 Å². The van der Waals surface area contributed by atoms with Crippen LogP contribution in [-0.4, -0.2) is 32.8 Å². The van der Waals surface area contributed by atoms with Crippen LogP contribution in [0.5, 0.6) is 0 Å². The first-order chi connectivity index (χ1) is 9.43. The number of benzene rings is 1. The molecule has 0 aliphatic rings. The Labute approximate surface area is 124 Å². The van der Waals surface area contributed by atoms with E-state index in [4.69, 9.17) is 10.5 Å². The molecule has 0 amide bonds. The van der Waals surface area contributed by atoms with Crippen molar-refractivity contribution in [3.8, 4) is 0 Å². The van der Waals surface area contributed by atoms with E-state index in [9.17, 15) is 0 Å². The summed E-state index contributed by atoms with van der Waals surface area (Å²) in [5.74, 6) is 0.635. The van der Waals surface area contributed by atoms with Crippen molar-refractivity contribution in [2.75, 3.05) is 31.7 Å². The van der Waals surface area contributed by atoms with E-state index < -0.39 is 0 Å². The average molecular weight is 278 g/mol. The van der Waals surface area contributed by atoms with Gasteiger partial charge >= 0.3 is 0 Å². The zero-order chi connectivity index (χ0) is 15.1. The normalized spacial score (nSPS) is 12.8. The molecular formula is C17H30N2O.